The summed E-state index contributed by atoms with van der Waals surface area (Å²) in [5, 5.41) is 2.07. The number of aromatic nitrogens is 1. The summed E-state index contributed by atoms with van der Waals surface area (Å²) in [6, 6.07) is 10.3. The molecule has 0 saturated heterocycles. The number of benzene rings is 1. The van der Waals surface area contributed by atoms with Crippen molar-refractivity contribution in [2.24, 2.45) is 10.9 Å². The Kier molecular flexibility index (Phi) is 6.46. The van der Waals surface area contributed by atoms with Gasteiger partial charge in [-0.2, -0.15) is 0 Å². The molecule has 0 N–H and O–H groups in total. The summed E-state index contributed by atoms with van der Waals surface area (Å²) in [7, 11) is 0. The SMILES string of the molecule is C=N/C=c1/c(C)cccc1=C.CC.CC1=CC2CC2c2cccnc21. The zero-order valence-electron chi connectivity index (χ0n) is 15.8. The molecular formula is C23H28N2. The molecule has 130 valence electrons. The Morgan fingerprint density at radius 3 is 2.60 bits per heavy atom. The van der Waals surface area contributed by atoms with Gasteiger partial charge in [0.05, 0.1) is 5.69 Å². The van der Waals surface area contributed by atoms with Crippen molar-refractivity contribution < 1.29 is 0 Å². The fourth-order valence-corrected chi connectivity index (χ4v) is 3.22. The molecule has 2 atom stereocenters. The fourth-order valence-electron chi connectivity index (χ4n) is 3.22. The third-order valence-corrected chi connectivity index (χ3v) is 4.55. The predicted octanol–water partition coefficient (Wildman–Crippen LogP) is 4.47. The zero-order valence-corrected chi connectivity index (χ0v) is 15.8. The Morgan fingerprint density at radius 1 is 1.16 bits per heavy atom. The summed E-state index contributed by atoms with van der Waals surface area (Å²) >= 11 is 0. The van der Waals surface area contributed by atoms with Gasteiger partial charge in [-0.1, -0.05) is 50.8 Å². The number of hydrogen-bond acceptors (Lipinski definition) is 2. The van der Waals surface area contributed by atoms with Gasteiger partial charge in [0.15, 0.2) is 0 Å². The molecular weight excluding hydrogens is 304 g/mol. The van der Waals surface area contributed by atoms with Crippen LogP contribution in [0.1, 0.15) is 49.9 Å². The lowest BCUT2D eigenvalue weighted by molar-refractivity contribution is 0.961. The highest BCUT2D eigenvalue weighted by Gasteiger charge is 2.41. The number of fused-ring (bicyclic) bond motifs is 3. The molecule has 2 heteroatoms. The van der Waals surface area contributed by atoms with Crippen LogP contribution in [0.5, 0.6) is 0 Å². The van der Waals surface area contributed by atoms with Gasteiger partial charge in [0, 0.05) is 17.6 Å². The summed E-state index contributed by atoms with van der Waals surface area (Å²) in [6.45, 7) is 15.5. The molecule has 1 aromatic heterocycles. The monoisotopic (exact) mass is 332 g/mol. The van der Waals surface area contributed by atoms with Crippen molar-refractivity contribution in [1.29, 1.82) is 0 Å². The van der Waals surface area contributed by atoms with Gasteiger partial charge in [-0.3, -0.25) is 9.98 Å². The molecule has 0 spiro atoms. The topological polar surface area (TPSA) is 25.2 Å². The minimum absolute atomic E-state index is 0.803. The number of rotatable bonds is 1. The second kappa shape index (κ2) is 8.57. The normalized spacial score (nSPS) is 19.8. The highest BCUT2D eigenvalue weighted by atomic mass is 14.7. The lowest BCUT2D eigenvalue weighted by Gasteiger charge is -2.12. The van der Waals surface area contributed by atoms with E-state index in [-0.39, 0.29) is 0 Å². The van der Waals surface area contributed by atoms with E-state index < -0.39 is 0 Å². The third kappa shape index (κ3) is 4.33. The third-order valence-electron chi connectivity index (χ3n) is 4.55. The fraction of sp³-hybridized carbons (Fsp3) is 0.304. The number of aryl methyl sites for hydroxylation is 1. The average Bonchev–Trinajstić information content (AvgIpc) is 3.41. The van der Waals surface area contributed by atoms with Crippen molar-refractivity contribution in [3.05, 3.63) is 69.9 Å². The molecule has 4 rings (SSSR count). The summed E-state index contributed by atoms with van der Waals surface area (Å²) in [5.74, 6) is 1.64. The van der Waals surface area contributed by atoms with Gasteiger partial charge in [-0.05, 0) is 66.8 Å². The van der Waals surface area contributed by atoms with Crippen molar-refractivity contribution in [3.8, 4) is 0 Å². The van der Waals surface area contributed by atoms with E-state index in [1.165, 1.54) is 28.8 Å². The highest BCUT2D eigenvalue weighted by Crippen LogP contribution is 2.53. The number of aliphatic imine (C=N–C) groups is 1. The summed E-state index contributed by atoms with van der Waals surface area (Å²) in [4.78, 5) is 8.12. The zero-order chi connectivity index (χ0) is 18.4. The first-order valence-corrected chi connectivity index (χ1v) is 8.96. The van der Waals surface area contributed by atoms with Crippen LogP contribution in [-0.2, 0) is 0 Å². The van der Waals surface area contributed by atoms with Gasteiger partial charge in [0.1, 0.15) is 0 Å². The minimum atomic E-state index is 0.803. The Bertz CT molecular complexity index is 877. The minimum Gasteiger partial charge on any atom is -0.272 e. The van der Waals surface area contributed by atoms with Crippen molar-refractivity contribution >= 4 is 25.1 Å². The molecule has 2 nitrogen and oxygen atoms in total. The van der Waals surface area contributed by atoms with Crippen molar-refractivity contribution in [3.63, 3.8) is 0 Å². The Hall–Kier alpha value is -2.48. The molecule has 25 heavy (non-hydrogen) atoms. The number of hydrogen-bond donors (Lipinski definition) is 0. The van der Waals surface area contributed by atoms with Gasteiger partial charge in [-0.15, -0.1) is 0 Å². The molecule has 1 heterocycles. The van der Waals surface area contributed by atoms with E-state index in [0.717, 1.165) is 22.3 Å². The molecule has 0 bridgehead atoms. The van der Waals surface area contributed by atoms with Gasteiger partial charge in [-0.25, -0.2) is 0 Å². The van der Waals surface area contributed by atoms with Crippen LogP contribution >= 0.6 is 0 Å². The molecule has 1 aromatic carbocycles. The van der Waals surface area contributed by atoms with Crippen LogP contribution in [0.25, 0.3) is 18.4 Å². The second-order valence-electron chi connectivity index (χ2n) is 6.26. The summed E-state index contributed by atoms with van der Waals surface area (Å²) in [6.07, 6.45) is 7.34. The van der Waals surface area contributed by atoms with E-state index >= 15 is 0 Å². The van der Waals surface area contributed by atoms with E-state index in [1.807, 2.05) is 51.2 Å². The van der Waals surface area contributed by atoms with Crippen LogP contribution in [0.2, 0.25) is 0 Å². The van der Waals surface area contributed by atoms with Gasteiger partial charge in [0.2, 0.25) is 0 Å². The van der Waals surface area contributed by atoms with Crippen LogP contribution in [-0.4, -0.2) is 11.7 Å². The quantitative estimate of drug-likeness (QED) is 0.707. The van der Waals surface area contributed by atoms with E-state index in [0.29, 0.717) is 0 Å². The first-order valence-electron chi connectivity index (χ1n) is 8.96. The molecule has 2 aliphatic carbocycles. The van der Waals surface area contributed by atoms with Gasteiger partial charge >= 0.3 is 0 Å². The Labute approximate surface area is 151 Å². The van der Waals surface area contributed by atoms with Crippen molar-refractivity contribution in [2.45, 2.75) is 40.0 Å². The van der Waals surface area contributed by atoms with Gasteiger partial charge < -0.3 is 0 Å². The van der Waals surface area contributed by atoms with Crippen LogP contribution in [0.15, 0.2) is 47.6 Å². The molecule has 2 aliphatic rings. The summed E-state index contributed by atoms with van der Waals surface area (Å²) < 4.78 is 0. The Morgan fingerprint density at radius 2 is 1.92 bits per heavy atom. The molecule has 2 aromatic rings. The van der Waals surface area contributed by atoms with Crippen LogP contribution in [0, 0.1) is 12.8 Å². The molecule has 0 aliphatic heterocycles. The number of pyridine rings is 1. The van der Waals surface area contributed by atoms with Crippen molar-refractivity contribution in [2.75, 3.05) is 0 Å². The van der Waals surface area contributed by atoms with E-state index in [9.17, 15) is 0 Å². The maximum atomic E-state index is 4.41. The molecule has 0 radical (unpaired) electrons. The first-order chi connectivity index (χ1) is 12.1. The maximum Gasteiger partial charge on any atom is 0.0690 e. The van der Waals surface area contributed by atoms with E-state index in [2.05, 4.69) is 42.3 Å². The van der Waals surface area contributed by atoms with Crippen LogP contribution < -0.4 is 10.4 Å². The molecule has 1 saturated carbocycles. The smallest absolute Gasteiger partial charge is 0.0690 e. The highest BCUT2D eigenvalue weighted by molar-refractivity contribution is 5.68. The largest absolute Gasteiger partial charge is 0.272 e. The van der Waals surface area contributed by atoms with Gasteiger partial charge in [0.25, 0.3) is 0 Å². The maximum absolute atomic E-state index is 4.41. The number of allylic oxidation sites excluding steroid dienone is 2. The molecule has 1 fully saturated rings. The standard InChI is InChI=1S/C11H11N.C10H11N.C2H6/c1-7-5-8-6-10(8)9-3-2-4-12-11(7)9;1-8-5-4-6-9(2)10(8)7-11-3;1-2/h2-5,8,10H,6H2,1H3;4-7H,1,3H2,2H3;1-2H3/b;10-7+;. The molecule has 0 amide bonds. The summed E-state index contributed by atoms with van der Waals surface area (Å²) in [5.41, 5.74) is 5.26. The first kappa shape index (κ1) is 18.9. The second-order valence-corrected chi connectivity index (χ2v) is 6.26. The van der Waals surface area contributed by atoms with Crippen molar-refractivity contribution in [1.82, 2.24) is 4.98 Å². The average molecular weight is 332 g/mol. The van der Waals surface area contributed by atoms with Crippen LogP contribution in [0.3, 0.4) is 0 Å². The lowest BCUT2D eigenvalue weighted by Crippen LogP contribution is -2.24. The number of nitrogens with zero attached hydrogens (tertiary/aromatic N) is 2. The lowest BCUT2D eigenvalue weighted by atomic mass is 9.97. The molecule has 2 unspecified atom stereocenters. The van der Waals surface area contributed by atoms with E-state index in [1.54, 1.807) is 6.20 Å². The predicted molar refractivity (Wildman–Crippen MR) is 110 cm³/mol. The van der Waals surface area contributed by atoms with E-state index in [4.69, 9.17) is 0 Å². The Balaban J connectivity index is 0.000000165. The van der Waals surface area contributed by atoms with Crippen LogP contribution in [0.4, 0.5) is 0 Å².